The van der Waals surface area contributed by atoms with E-state index in [9.17, 15) is 0 Å². The molecule has 0 radical (unpaired) electrons. The summed E-state index contributed by atoms with van der Waals surface area (Å²) in [4.78, 5) is 4.41. The van der Waals surface area contributed by atoms with Gasteiger partial charge in [-0.05, 0) is 35.4 Å². The van der Waals surface area contributed by atoms with Crippen molar-refractivity contribution in [2.75, 3.05) is 0 Å². The zero-order valence-electron chi connectivity index (χ0n) is 14.0. The molecule has 4 aromatic rings. The van der Waals surface area contributed by atoms with E-state index in [1.165, 1.54) is 5.56 Å². The van der Waals surface area contributed by atoms with Gasteiger partial charge in [-0.2, -0.15) is 0 Å². The Bertz CT molecular complexity index is 1020. The highest BCUT2D eigenvalue weighted by molar-refractivity contribution is 9.10. The highest BCUT2D eigenvalue weighted by Gasteiger charge is 2.08. The van der Waals surface area contributed by atoms with Crippen LogP contribution in [0.1, 0.15) is 11.1 Å². The van der Waals surface area contributed by atoms with E-state index in [0.29, 0.717) is 5.89 Å². The molecule has 0 N–H and O–H groups in total. The summed E-state index contributed by atoms with van der Waals surface area (Å²) in [7, 11) is 0. The summed E-state index contributed by atoms with van der Waals surface area (Å²) >= 11 is 3.44. The SMILES string of the molecule is Brc1ccc(-c2cnc(-c3ccc(C=Cc4ccccc4)cc3)o2)cc1. The maximum atomic E-state index is 5.92. The van der Waals surface area contributed by atoms with Crippen LogP contribution < -0.4 is 0 Å². The summed E-state index contributed by atoms with van der Waals surface area (Å²) in [5.41, 5.74) is 4.29. The molecule has 2 nitrogen and oxygen atoms in total. The third-order valence-corrected chi connectivity index (χ3v) is 4.59. The van der Waals surface area contributed by atoms with Gasteiger partial charge in [-0.25, -0.2) is 4.98 Å². The van der Waals surface area contributed by atoms with E-state index in [2.05, 4.69) is 57.3 Å². The number of hydrogen-bond acceptors (Lipinski definition) is 2. The molecule has 0 aliphatic rings. The van der Waals surface area contributed by atoms with Gasteiger partial charge in [-0.1, -0.05) is 82.7 Å². The van der Waals surface area contributed by atoms with Gasteiger partial charge in [0.05, 0.1) is 6.20 Å². The van der Waals surface area contributed by atoms with Crippen molar-refractivity contribution in [1.29, 1.82) is 0 Å². The van der Waals surface area contributed by atoms with Crippen molar-refractivity contribution in [2.24, 2.45) is 0 Å². The molecule has 4 rings (SSSR count). The van der Waals surface area contributed by atoms with Crippen LogP contribution in [0.25, 0.3) is 34.9 Å². The summed E-state index contributed by atoms with van der Waals surface area (Å²) in [5, 5.41) is 0. The van der Waals surface area contributed by atoms with Crippen LogP contribution >= 0.6 is 15.9 Å². The maximum Gasteiger partial charge on any atom is 0.226 e. The van der Waals surface area contributed by atoms with Crippen molar-refractivity contribution in [3.8, 4) is 22.8 Å². The molecule has 0 atom stereocenters. The molecule has 0 bridgehead atoms. The molecule has 0 spiro atoms. The summed E-state index contributed by atoms with van der Waals surface area (Å²) in [6, 6.07) is 26.4. The first-order chi connectivity index (χ1) is 12.8. The van der Waals surface area contributed by atoms with Crippen molar-refractivity contribution in [3.63, 3.8) is 0 Å². The van der Waals surface area contributed by atoms with Gasteiger partial charge in [-0.3, -0.25) is 0 Å². The number of nitrogens with zero attached hydrogens (tertiary/aromatic N) is 1. The smallest absolute Gasteiger partial charge is 0.226 e. The van der Waals surface area contributed by atoms with Gasteiger partial charge in [0.2, 0.25) is 5.89 Å². The summed E-state index contributed by atoms with van der Waals surface area (Å²) in [6.07, 6.45) is 5.97. The lowest BCUT2D eigenvalue weighted by atomic mass is 10.1. The molecule has 0 aliphatic heterocycles. The number of hydrogen-bond donors (Lipinski definition) is 0. The van der Waals surface area contributed by atoms with Crippen molar-refractivity contribution >= 4 is 28.1 Å². The molecule has 0 fully saturated rings. The summed E-state index contributed by atoms with van der Waals surface area (Å²) in [5.74, 6) is 1.39. The van der Waals surface area contributed by atoms with Gasteiger partial charge < -0.3 is 4.42 Å². The van der Waals surface area contributed by atoms with Gasteiger partial charge in [-0.15, -0.1) is 0 Å². The molecule has 0 aliphatic carbocycles. The minimum Gasteiger partial charge on any atom is -0.436 e. The van der Waals surface area contributed by atoms with Gasteiger partial charge in [0.15, 0.2) is 5.76 Å². The van der Waals surface area contributed by atoms with Crippen molar-refractivity contribution in [1.82, 2.24) is 4.98 Å². The predicted octanol–water partition coefficient (Wildman–Crippen LogP) is 6.94. The molecule has 0 unspecified atom stereocenters. The Morgan fingerprint density at radius 2 is 1.31 bits per heavy atom. The highest BCUT2D eigenvalue weighted by Crippen LogP contribution is 2.27. The van der Waals surface area contributed by atoms with Gasteiger partial charge in [0, 0.05) is 15.6 Å². The Balaban J connectivity index is 1.52. The Kier molecular flexibility index (Phi) is 4.80. The molecule has 0 amide bonds. The van der Waals surface area contributed by atoms with Gasteiger partial charge in [0.25, 0.3) is 0 Å². The number of oxazole rings is 1. The van der Waals surface area contributed by atoms with E-state index < -0.39 is 0 Å². The number of benzene rings is 3. The fourth-order valence-electron chi connectivity index (χ4n) is 2.65. The molecule has 126 valence electrons. The second kappa shape index (κ2) is 7.54. The largest absolute Gasteiger partial charge is 0.436 e. The Morgan fingerprint density at radius 3 is 2.00 bits per heavy atom. The van der Waals surface area contributed by atoms with E-state index in [-0.39, 0.29) is 0 Å². The number of halogens is 1. The zero-order chi connectivity index (χ0) is 17.8. The molecular formula is C23H16BrNO. The second-order valence-electron chi connectivity index (χ2n) is 5.90. The number of rotatable bonds is 4. The van der Waals surface area contributed by atoms with Crippen molar-refractivity contribution < 1.29 is 4.42 Å². The Hall–Kier alpha value is -2.91. The third kappa shape index (κ3) is 3.84. The molecule has 1 aromatic heterocycles. The van der Waals surface area contributed by atoms with Crippen molar-refractivity contribution in [2.45, 2.75) is 0 Å². The lowest BCUT2D eigenvalue weighted by molar-refractivity contribution is 0.589. The van der Waals surface area contributed by atoms with Crippen LogP contribution in [-0.4, -0.2) is 4.98 Å². The van der Waals surface area contributed by atoms with E-state index in [1.54, 1.807) is 6.20 Å². The van der Waals surface area contributed by atoms with Gasteiger partial charge >= 0.3 is 0 Å². The molecule has 3 aromatic carbocycles. The highest BCUT2D eigenvalue weighted by atomic mass is 79.9. The lowest BCUT2D eigenvalue weighted by Gasteiger charge is -1.99. The van der Waals surface area contributed by atoms with Gasteiger partial charge in [0.1, 0.15) is 0 Å². The first kappa shape index (κ1) is 16.6. The molecule has 0 saturated heterocycles. The summed E-state index contributed by atoms with van der Waals surface area (Å²) < 4.78 is 6.96. The van der Waals surface area contributed by atoms with E-state index in [4.69, 9.17) is 4.42 Å². The quantitative estimate of drug-likeness (QED) is 0.346. The molecule has 0 saturated carbocycles. The average molecular weight is 402 g/mol. The first-order valence-corrected chi connectivity index (χ1v) is 9.12. The van der Waals surface area contributed by atoms with E-state index in [1.807, 2.05) is 54.6 Å². The maximum absolute atomic E-state index is 5.92. The first-order valence-electron chi connectivity index (χ1n) is 8.33. The van der Waals surface area contributed by atoms with Crippen LogP contribution in [-0.2, 0) is 0 Å². The zero-order valence-corrected chi connectivity index (χ0v) is 15.6. The molecular weight excluding hydrogens is 386 g/mol. The minimum absolute atomic E-state index is 0.626. The Labute approximate surface area is 161 Å². The fraction of sp³-hybridized carbons (Fsp3) is 0. The van der Waals surface area contributed by atoms with E-state index in [0.717, 1.165) is 26.9 Å². The lowest BCUT2D eigenvalue weighted by Crippen LogP contribution is -1.78. The third-order valence-electron chi connectivity index (χ3n) is 4.06. The molecule has 26 heavy (non-hydrogen) atoms. The van der Waals surface area contributed by atoms with Crippen molar-refractivity contribution in [3.05, 3.63) is 101 Å². The monoisotopic (exact) mass is 401 g/mol. The Morgan fingerprint density at radius 1 is 0.692 bits per heavy atom. The minimum atomic E-state index is 0.626. The fourth-order valence-corrected chi connectivity index (χ4v) is 2.91. The predicted molar refractivity (Wildman–Crippen MR) is 110 cm³/mol. The van der Waals surface area contributed by atoms with E-state index >= 15 is 0 Å². The second-order valence-corrected chi connectivity index (χ2v) is 6.82. The van der Waals surface area contributed by atoms with Crippen LogP contribution in [0.2, 0.25) is 0 Å². The average Bonchev–Trinajstić information content (AvgIpc) is 3.18. The van der Waals surface area contributed by atoms with Crippen LogP contribution in [0.15, 0.2) is 93.9 Å². The normalized spacial score (nSPS) is 11.1. The number of aromatic nitrogens is 1. The van der Waals surface area contributed by atoms with Crippen LogP contribution in [0, 0.1) is 0 Å². The van der Waals surface area contributed by atoms with Crippen LogP contribution in [0.4, 0.5) is 0 Å². The summed E-state index contributed by atoms with van der Waals surface area (Å²) in [6.45, 7) is 0. The topological polar surface area (TPSA) is 26.0 Å². The van der Waals surface area contributed by atoms with Crippen LogP contribution in [0.5, 0.6) is 0 Å². The van der Waals surface area contributed by atoms with Crippen LogP contribution in [0.3, 0.4) is 0 Å². The molecule has 1 heterocycles. The molecule has 3 heteroatoms. The standard InChI is InChI=1S/C23H16BrNO/c24-21-14-12-19(13-15-21)22-16-25-23(26-22)20-10-8-18(9-11-20)7-6-17-4-2-1-3-5-17/h1-16H.